The number of urea groups is 1. The molecule has 0 aromatic carbocycles. The summed E-state index contributed by atoms with van der Waals surface area (Å²) in [6.07, 6.45) is 1.77. The van der Waals surface area contributed by atoms with Crippen molar-refractivity contribution in [3.8, 4) is 0 Å². The van der Waals surface area contributed by atoms with Crippen molar-refractivity contribution in [3.05, 3.63) is 0 Å². The summed E-state index contributed by atoms with van der Waals surface area (Å²) in [7, 11) is 0. The molecule has 3 atom stereocenters. The van der Waals surface area contributed by atoms with E-state index in [0.29, 0.717) is 13.1 Å². The van der Waals surface area contributed by atoms with Crippen LogP contribution in [-0.2, 0) is 9.59 Å². The molecule has 1 saturated heterocycles. The number of likely N-dealkylation sites (tertiary alicyclic amines) is 1. The molecule has 1 aliphatic rings. The van der Waals surface area contributed by atoms with Crippen molar-refractivity contribution in [2.75, 3.05) is 13.1 Å². The van der Waals surface area contributed by atoms with Crippen molar-refractivity contribution in [3.63, 3.8) is 0 Å². The van der Waals surface area contributed by atoms with Gasteiger partial charge in [-0.2, -0.15) is 0 Å². The highest BCUT2D eigenvalue weighted by molar-refractivity contribution is 5.88. The zero-order chi connectivity index (χ0) is 16.0. The number of carbonyl (C=O) groups excluding carboxylic acids is 2. The number of amides is 3. The first-order valence-corrected chi connectivity index (χ1v) is 7.09. The Labute approximate surface area is 123 Å². The second-order valence-corrected chi connectivity index (χ2v) is 5.28. The molecule has 21 heavy (non-hydrogen) atoms. The topological polar surface area (TPSA) is 119 Å². The molecule has 0 aliphatic carbocycles. The molecule has 3 unspecified atom stereocenters. The molecular formula is C13H23N3O5. The molecule has 0 saturated carbocycles. The minimum absolute atomic E-state index is 0.186. The smallest absolute Gasteiger partial charge is 0.328 e. The third kappa shape index (κ3) is 5.22. The van der Waals surface area contributed by atoms with Crippen LogP contribution in [0.25, 0.3) is 0 Å². The van der Waals surface area contributed by atoms with Gasteiger partial charge in [-0.25, -0.2) is 9.59 Å². The minimum atomic E-state index is -1.41. The van der Waals surface area contributed by atoms with Gasteiger partial charge in [0.2, 0.25) is 5.91 Å². The highest BCUT2D eigenvalue weighted by Crippen LogP contribution is 2.09. The molecule has 0 radical (unpaired) electrons. The maximum Gasteiger partial charge on any atom is 0.328 e. The molecule has 3 amide bonds. The van der Waals surface area contributed by atoms with Crippen LogP contribution in [0.4, 0.5) is 4.79 Å². The van der Waals surface area contributed by atoms with Crippen LogP contribution in [0.5, 0.6) is 0 Å². The van der Waals surface area contributed by atoms with E-state index >= 15 is 0 Å². The average molecular weight is 301 g/mol. The van der Waals surface area contributed by atoms with Gasteiger partial charge in [0.15, 0.2) is 6.04 Å². The van der Waals surface area contributed by atoms with Crippen LogP contribution in [0, 0.1) is 0 Å². The predicted molar refractivity (Wildman–Crippen MR) is 74.7 cm³/mol. The Morgan fingerprint density at radius 2 is 1.62 bits per heavy atom. The van der Waals surface area contributed by atoms with Gasteiger partial charge in [0.1, 0.15) is 6.04 Å². The number of aliphatic hydroxyl groups excluding tert-OH is 1. The Morgan fingerprint density at radius 1 is 1.05 bits per heavy atom. The molecule has 1 aliphatic heterocycles. The highest BCUT2D eigenvalue weighted by atomic mass is 16.4. The predicted octanol–water partition coefficient (Wildman–Crippen LogP) is -0.479. The number of carboxylic acid groups (broad SMARTS) is 1. The van der Waals surface area contributed by atoms with Crippen LogP contribution < -0.4 is 10.6 Å². The second kappa shape index (κ2) is 7.82. The van der Waals surface area contributed by atoms with E-state index < -0.39 is 30.2 Å². The van der Waals surface area contributed by atoms with Gasteiger partial charge in [-0.3, -0.25) is 4.79 Å². The molecule has 0 spiro atoms. The molecule has 0 aromatic rings. The Bertz CT molecular complexity index is 393. The number of nitrogens with zero attached hydrogens (tertiary/aromatic N) is 1. The van der Waals surface area contributed by atoms with Gasteiger partial charge in [-0.15, -0.1) is 0 Å². The Balaban J connectivity index is 2.49. The van der Waals surface area contributed by atoms with Crippen LogP contribution >= 0.6 is 0 Å². The number of piperidine rings is 1. The van der Waals surface area contributed by atoms with Crippen molar-refractivity contribution < 1.29 is 24.6 Å². The summed E-state index contributed by atoms with van der Waals surface area (Å²) >= 11 is 0. The lowest BCUT2D eigenvalue weighted by Gasteiger charge is -2.29. The SMILES string of the molecule is CC(NC(=O)NC(C(=O)O)C(C)O)C(=O)N1CCCCC1. The van der Waals surface area contributed by atoms with Gasteiger partial charge in [0, 0.05) is 13.1 Å². The first-order chi connectivity index (χ1) is 9.82. The maximum absolute atomic E-state index is 12.1. The lowest BCUT2D eigenvalue weighted by atomic mass is 10.1. The standard InChI is InChI=1S/C13H23N3O5/c1-8(11(18)16-6-4-3-5-7-16)14-13(21)15-10(9(2)17)12(19)20/h8-10,17H,3-7H2,1-2H3,(H,19,20)(H2,14,15,21). The van der Waals surface area contributed by atoms with E-state index in [1.54, 1.807) is 11.8 Å². The zero-order valence-corrected chi connectivity index (χ0v) is 12.3. The molecule has 4 N–H and O–H groups in total. The number of nitrogens with one attached hydrogen (secondary N) is 2. The molecular weight excluding hydrogens is 278 g/mol. The Hall–Kier alpha value is -1.83. The lowest BCUT2D eigenvalue weighted by Crippen LogP contribution is -2.55. The summed E-state index contributed by atoms with van der Waals surface area (Å²) < 4.78 is 0. The van der Waals surface area contributed by atoms with Crippen LogP contribution in [-0.4, -0.2) is 64.3 Å². The van der Waals surface area contributed by atoms with E-state index in [-0.39, 0.29) is 5.91 Å². The average Bonchev–Trinajstić information content (AvgIpc) is 2.44. The van der Waals surface area contributed by atoms with Gasteiger partial charge in [-0.05, 0) is 33.1 Å². The largest absolute Gasteiger partial charge is 0.480 e. The van der Waals surface area contributed by atoms with E-state index in [2.05, 4.69) is 10.6 Å². The summed E-state index contributed by atoms with van der Waals surface area (Å²) in [6.45, 7) is 4.17. The lowest BCUT2D eigenvalue weighted by molar-refractivity contribution is -0.141. The van der Waals surface area contributed by atoms with E-state index in [4.69, 9.17) is 5.11 Å². The first-order valence-electron chi connectivity index (χ1n) is 7.09. The molecule has 1 fully saturated rings. The number of aliphatic hydroxyl groups is 1. The Kier molecular flexibility index (Phi) is 6.41. The third-order valence-electron chi connectivity index (χ3n) is 3.42. The number of carbonyl (C=O) groups is 3. The number of aliphatic carboxylic acids is 1. The normalized spacial score (nSPS) is 19.3. The Morgan fingerprint density at radius 3 is 2.10 bits per heavy atom. The fraction of sp³-hybridized carbons (Fsp3) is 0.769. The van der Waals surface area contributed by atoms with E-state index in [9.17, 15) is 19.5 Å². The minimum Gasteiger partial charge on any atom is -0.480 e. The summed E-state index contributed by atoms with van der Waals surface area (Å²) in [5, 5.41) is 22.7. The highest BCUT2D eigenvalue weighted by Gasteiger charge is 2.27. The molecule has 1 rings (SSSR count). The van der Waals surface area contributed by atoms with Gasteiger partial charge < -0.3 is 25.7 Å². The van der Waals surface area contributed by atoms with Crippen molar-refractivity contribution in [2.24, 2.45) is 0 Å². The van der Waals surface area contributed by atoms with Crippen LogP contribution in [0.1, 0.15) is 33.1 Å². The van der Waals surface area contributed by atoms with Crippen LogP contribution in [0.3, 0.4) is 0 Å². The maximum atomic E-state index is 12.1. The van der Waals surface area contributed by atoms with Gasteiger partial charge in [0.05, 0.1) is 6.10 Å². The number of hydrogen-bond acceptors (Lipinski definition) is 4. The fourth-order valence-corrected chi connectivity index (χ4v) is 2.22. The summed E-state index contributed by atoms with van der Waals surface area (Å²) in [6, 6.07) is -2.95. The quantitative estimate of drug-likeness (QED) is 0.547. The van der Waals surface area contributed by atoms with Crippen LogP contribution in [0.2, 0.25) is 0 Å². The third-order valence-corrected chi connectivity index (χ3v) is 3.42. The second-order valence-electron chi connectivity index (χ2n) is 5.28. The molecule has 8 heteroatoms. The molecule has 0 aromatic heterocycles. The van der Waals surface area contributed by atoms with Gasteiger partial charge in [-0.1, -0.05) is 0 Å². The van der Waals surface area contributed by atoms with Crippen molar-refractivity contribution in [2.45, 2.75) is 51.3 Å². The number of hydrogen-bond donors (Lipinski definition) is 4. The molecule has 120 valence electrons. The fourth-order valence-electron chi connectivity index (χ4n) is 2.22. The number of rotatable bonds is 5. The number of carboxylic acids is 1. The van der Waals surface area contributed by atoms with Gasteiger partial charge >= 0.3 is 12.0 Å². The molecule has 8 nitrogen and oxygen atoms in total. The summed E-state index contributed by atoms with van der Waals surface area (Å²) in [5.41, 5.74) is 0. The monoisotopic (exact) mass is 301 g/mol. The van der Waals surface area contributed by atoms with E-state index in [0.717, 1.165) is 19.3 Å². The van der Waals surface area contributed by atoms with E-state index in [1.165, 1.54) is 6.92 Å². The van der Waals surface area contributed by atoms with Crippen molar-refractivity contribution in [1.29, 1.82) is 0 Å². The first kappa shape index (κ1) is 17.2. The van der Waals surface area contributed by atoms with E-state index in [1.807, 2.05) is 0 Å². The van der Waals surface area contributed by atoms with Gasteiger partial charge in [0.25, 0.3) is 0 Å². The van der Waals surface area contributed by atoms with Crippen molar-refractivity contribution in [1.82, 2.24) is 15.5 Å². The summed E-state index contributed by atoms with van der Waals surface area (Å²) in [4.78, 5) is 36.4. The van der Waals surface area contributed by atoms with Crippen molar-refractivity contribution >= 4 is 17.9 Å². The zero-order valence-electron chi connectivity index (χ0n) is 12.3. The molecule has 0 bridgehead atoms. The summed E-state index contributed by atoms with van der Waals surface area (Å²) in [5.74, 6) is -1.52. The molecule has 1 heterocycles. The van der Waals surface area contributed by atoms with Crippen LogP contribution in [0.15, 0.2) is 0 Å².